The molecule has 1 aliphatic carbocycles. The van der Waals surface area contributed by atoms with Crippen molar-refractivity contribution in [3.8, 4) is 11.1 Å². The molecule has 1 aliphatic rings. The number of fused-ring (bicyclic) bond motifs is 8. The van der Waals surface area contributed by atoms with Crippen LogP contribution in [0.15, 0.2) is 72.8 Å². The van der Waals surface area contributed by atoms with Crippen LogP contribution in [0.1, 0.15) is 24.0 Å². The third kappa shape index (κ3) is 1.37. The number of benzene rings is 4. The average molecular weight is 280 g/mol. The van der Waals surface area contributed by atoms with Gasteiger partial charge in [0.2, 0.25) is 0 Å². The van der Waals surface area contributed by atoms with Crippen LogP contribution in [-0.2, 0) is 0 Å². The zero-order valence-corrected chi connectivity index (χ0v) is 12.5. The van der Waals surface area contributed by atoms with Crippen molar-refractivity contribution in [1.29, 1.82) is 0 Å². The highest BCUT2D eigenvalue weighted by atomic mass is 14.3. The predicted molar refractivity (Wildman–Crippen MR) is 94.4 cm³/mol. The minimum absolute atomic E-state index is 0.459. The highest BCUT2D eigenvalue weighted by molar-refractivity contribution is 6.17. The van der Waals surface area contributed by atoms with Gasteiger partial charge in [-0.3, -0.25) is 0 Å². The van der Waals surface area contributed by atoms with Gasteiger partial charge in [0.1, 0.15) is 0 Å². The Morgan fingerprint density at radius 1 is 0.591 bits per heavy atom. The molecule has 4 aromatic rings. The van der Waals surface area contributed by atoms with Crippen molar-refractivity contribution in [1.82, 2.24) is 0 Å². The third-order valence-electron chi connectivity index (χ3n) is 5.10. The molecule has 0 N–H and O–H groups in total. The van der Waals surface area contributed by atoms with E-state index in [1.165, 1.54) is 43.8 Å². The van der Waals surface area contributed by atoms with Crippen LogP contribution in [0, 0.1) is 0 Å². The molecule has 1 atom stereocenters. The van der Waals surface area contributed by atoms with Gasteiger partial charge in [-0.25, -0.2) is 0 Å². The standard InChI is InChI=1S/C22H16/c1-14-15-8-2-5-11-18(15)22-20-13-7-4-10-17(20)16-9-3-6-12-19(16)21(14)22/h2-14H,1H3. The van der Waals surface area contributed by atoms with E-state index in [1.54, 1.807) is 0 Å². The van der Waals surface area contributed by atoms with Gasteiger partial charge < -0.3 is 0 Å². The molecule has 22 heavy (non-hydrogen) atoms. The first kappa shape index (κ1) is 12.0. The van der Waals surface area contributed by atoms with Crippen LogP contribution in [0.4, 0.5) is 0 Å². The van der Waals surface area contributed by atoms with E-state index in [2.05, 4.69) is 79.7 Å². The quantitative estimate of drug-likeness (QED) is 0.340. The first-order valence-electron chi connectivity index (χ1n) is 7.89. The fraction of sp³-hybridized carbons (Fsp3) is 0.0909. The monoisotopic (exact) mass is 280 g/mol. The molecule has 0 amide bonds. The fourth-order valence-electron chi connectivity index (χ4n) is 4.17. The van der Waals surface area contributed by atoms with Crippen LogP contribution >= 0.6 is 0 Å². The van der Waals surface area contributed by atoms with Crippen LogP contribution in [0.3, 0.4) is 0 Å². The van der Waals surface area contributed by atoms with E-state index in [4.69, 9.17) is 0 Å². The minimum atomic E-state index is 0.459. The van der Waals surface area contributed by atoms with Crippen molar-refractivity contribution in [3.05, 3.63) is 83.9 Å². The molecular weight excluding hydrogens is 264 g/mol. The van der Waals surface area contributed by atoms with E-state index < -0.39 is 0 Å². The van der Waals surface area contributed by atoms with E-state index >= 15 is 0 Å². The first-order valence-corrected chi connectivity index (χ1v) is 7.89. The maximum absolute atomic E-state index is 2.34. The van der Waals surface area contributed by atoms with Gasteiger partial charge in [0.05, 0.1) is 0 Å². The molecule has 0 aliphatic heterocycles. The summed E-state index contributed by atoms with van der Waals surface area (Å²) in [6, 6.07) is 26.5. The molecule has 0 spiro atoms. The largest absolute Gasteiger partial charge is 0.0619 e. The maximum atomic E-state index is 2.34. The summed E-state index contributed by atoms with van der Waals surface area (Å²) in [6.45, 7) is 2.34. The minimum Gasteiger partial charge on any atom is -0.0619 e. The molecule has 0 saturated carbocycles. The summed E-state index contributed by atoms with van der Waals surface area (Å²) in [7, 11) is 0. The second-order valence-corrected chi connectivity index (χ2v) is 6.19. The Bertz CT molecular complexity index is 1040. The van der Waals surface area contributed by atoms with Crippen LogP contribution in [-0.4, -0.2) is 0 Å². The summed E-state index contributed by atoms with van der Waals surface area (Å²) in [6.07, 6.45) is 0. The molecule has 0 radical (unpaired) electrons. The predicted octanol–water partition coefficient (Wildman–Crippen LogP) is 6.13. The van der Waals surface area contributed by atoms with Gasteiger partial charge in [-0.2, -0.15) is 0 Å². The second kappa shape index (κ2) is 4.20. The van der Waals surface area contributed by atoms with E-state index in [0.29, 0.717) is 5.92 Å². The molecule has 0 aromatic heterocycles. The Labute approximate surface area is 130 Å². The molecule has 0 saturated heterocycles. The second-order valence-electron chi connectivity index (χ2n) is 6.19. The highest BCUT2D eigenvalue weighted by Crippen LogP contribution is 2.51. The van der Waals surface area contributed by atoms with Crippen molar-refractivity contribution >= 4 is 21.5 Å². The lowest BCUT2D eigenvalue weighted by atomic mass is 9.89. The van der Waals surface area contributed by atoms with Gasteiger partial charge in [0.15, 0.2) is 0 Å². The van der Waals surface area contributed by atoms with Crippen LogP contribution in [0.2, 0.25) is 0 Å². The van der Waals surface area contributed by atoms with Crippen molar-refractivity contribution in [3.63, 3.8) is 0 Å². The molecule has 0 heteroatoms. The van der Waals surface area contributed by atoms with Gasteiger partial charge in [0, 0.05) is 5.92 Å². The molecule has 5 rings (SSSR count). The Morgan fingerprint density at radius 2 is 1.14 bits per heavy atom. The van der Waals surface area contributed by atoms with Crippen molar-refractivity contribution in [2.75, 3.05) is 0 Å². The lowest BCUT2D eigenvalue weighted by molar-refractivity contribution is 0.967. The molecule has 0 fully saturated rings. The maximum Gasteiger partial charge on any atom is 0.00797 e. The molecule has 0 bridgehead atoms. The topological polar surface area (TPSA) is 0 Å². The Balaban J connectivity index is 2.10. The van der Waals surface area contributed by atoms with Gasteiger partial charge in [0.25, 0.3) is 0 Å². The lowest BCUT2D eigenvalue weighted by Gasteiger charge is -2.14. The van der Waals surface area contributed by atoms with Crippen LogP contribution in [0.25, 0.3) is 32.7 Å². The molecule has 4 aromatic carbocycles. The Morgan fingerprint density at radius 3 is 1.91 bits per heavy atom. The summed E-state index contributed by atoms with van der Waals surface area (Å²) in [5, 5.41) is 5.52. The summed E-state index contributed by atoms with van der Waals surface area (Å²) in [4.78, 5) is 0. The molecule has 0 nitrogen and oxygen atoms in total. The van der Waals surface area contributed by atoms with E-state index in [9.17, 15) is 0 Å². The van der Waals surface area contributed by atoms with Crippen LogP contribution in [0.5, 0.6) is 0 Å². The molecule has 0 heterocycles. The van der Waals surface area contributed by atoms with Gasteiger partial charge in [-0.1, -0.05) is 79.7 Å². The average Bonchev–Trinajstić information content (AvgIpc) is 2.89. The lowest BCUT2D eigenvalue weighted by Crippen LogP contribution is -1.92. The Kier molecular flexibility index (Phi) is 2.29. The summed E-state index contributed by atoms with van der Waals surface area (Å²) in [5.41, 5.74) is 5.80. The highest BCUT2D eigenvalue weighted by Gasteiger charge is 2.28. The number of rotatable bonds is 0. The normalized spacial score (nSPS) is 16.0. The molecule has 104 valence electrons. The van der Waals surface area contributed by atoms with Gasteiger partial charge >= 0.3 is 0 Å². The molecule has 1 unspecified atom stereocenters. The smallest absolute Gasteiger partial charge is 0.00797 e. The van der Waals surface area contributed by atoms with Crippen LogP contribution < -0.4 is 0 Å². The summed E-state index contributed by atoms with van der Waals surface area (Å²) < 4.78 is 0. The zero-order valence-electron chi connectivity index (χ0n) is 12.5. The van der Waals surface area contributed by atoms with Crippen molar-refractivity contribution in [2.45, 2.75) is 12.8 Å². The van der Waals surface area contributed by atoms with Gasteiger partial charge in [-0.15, -0.1) is 0 Å². The van der Waals surface area contributed by atoms with E-state index in [-0.39, 0.29) is 0 Å². The zero-order chi connectivity index (χ0) is 14.7. The first-order chi connectivity index (χ1) is 10.9. The van der Waals surface area contributed by atoms with Gasteiger partial charge in [-0.05, 0) is 43.8 Å². The number of hydrogen-bond donors (Lipinski definition) is 0. The summed E-state index contributed by atoms with van der Waals surface area (Å²) >= 11 is 0. The fourth-order valence-corrected chi connectivity index (χ4v) is 4.17. The van der Waals surface area contributed by atoms with Crippen molar-refractivity contribution in [2.24, 2.45) is 0 Å². The summed E-state index contributed by atoms with van der Waals surface area (Å²) in [5.74, 6) is 0.459. The third-order valence-corrected chi connectivity index (χ3v) is 5.10. The molecular formula is C22H16. The Hall–Kier alpha value is -2.60. The van der Waals surface area contributed by atoms with E-state index in [0.717, 1.165) is 0 Å². The van der Waals surface area contributed by atoms with E-state index in [1.807, 2.05) is 0 Å². The SMILES string of the molecule is CC1c2ccccc2-c2c1c1ccccc1c1ccccc21. The number of hydrogen-bond acceptors (Lipinski definition) is 0. The van der Waals surface area contributed by atoms with Crippen molar-refractivity contribution < 1.29 is 0 Å².